The molecule has 7 nitrogen and oxygen atoms in total. The molecule has 0 heterocycles. The number of halogens is 1. The molecule has 196 valence electrons. The smallest absolute Gasteiger partial charge is 0.266 e. The van der Waals surface area contributed by atoms with Gasteiger partial charge in [-0.2, -0.15) is 8.42 Å². The number of hydrogen-bond donors (Lipinski definition) is 3. The van der Waals surface area contributed by atoms with Gasteiger partial charge in [-0.25, -0.2) is 0 Å². The zero-order valence-corrected chi connectivity index (χ0v) is 24.0. The SMILES string of the molecule is CC(C)(C)c1ccc(C(Cc2ccc(C(=O)NCCS(=O)(=O)O)cc2)C(=O)Nc2cccc(I)c2)cc1. The number of amides is 2. The summed E-state index contributed by atoms with van der Waals surface area (Å²) in [6, 6.07) is 22.6. The lowest BCUT2D eigenvalue weighted by molar-refractivity contribution is -0.117. The summed E-state index contributed by atoms with van der Waals surface area (Å²) < 4.78 is 31.5. The zero-order chi connectivity index (χ0) is 27.2. The minimum Gasteiger partial charge on any atom is -0.351 e. The minimum absolute atomic E-state index is 0.00518. The van der Waals surface area contributed by atoms with Crippen molar-refractivity contribution < 1.29 is 22.6 Å². The maximum absolute atomic E-state index is 13.4. The third-order valence-corrected chi connectivity index (χ3v) is 7.28. The molecule has 3 N–H and O–H groups in total. The van der Waals surface area contributed by atoms with Crippen LogP contribution in [0.1, 0.15) is 53.7 Å². The fourth-order valence-electron chi connectivity index (χ4n) is 3.80. The van der Waals surface area contributed by atoms with Crippen LogP contribution in [0.3, 0.4) is 0 Å². The first-order valence-corrected chi connectivity index (χ1v) is 14.5. The lowest BCUT2D eigenvalue weighted by Crippen LogP contribution is -2.28. The van der Waals surface area contributed by atoms with Crippen molar-refractivity contribution in [2.45, 2.75) is 38.5 Å². The van der Waals surface area contributed by atoms with Gasteiger partial charge in [0.2, 0.25) is 5.91 Å². The molecule has 0 aliphatic rings. The maximum atomic E-state index is 13.4. The van der Waals surface area contributed by atoms with Crippen LogP contribution < -0.4 is 10.6 Å². The Morgan fingerprint density at radius 3 is 2.19 bits per heavy atom. The fraction of sp³-hybridized carbons (Fsp3) is 0.286. The van der Waals surface area contributed by atoms with E-state index in [0.29, 0.717) is 12.0 Å². The molecule has 0 spiro atoms. The molecule has 0 radical (unpaired) electrons. The summed E-state index contributed by atoms with van der Waals surface area (Å²) in [4.78, 5) is 25.7. The van der Waals surface area contributed by atoms with Crippen molar-refractivity contribution in [1.29, 1.82) is 0 Å². The van der Waals surface area contributed by atoms with Crippen molar-refractivity contribution in [2.75, 3.05) is 17.6 Å². The number of carbonyl (C=O) groups is 2. The molecular formula is C28H31IN2O5S. The Morgan fingerprint density at radius 1 is 0.973 bits per heavy atom. The van der Waals surface area contributed by atoms with E-state index in [1.54, 1.807) is 24.3 Å². The Morgan fingerprint density at radius 2 is 1.62 bits per heavy atom. The van der Waals surface area contributed by atoms with E-state index >= 15 is 0 Å². The van der Waals surface area contributed by atoms with E-state index in [1.807, 2.05) is 36.4 Å². The molecule has 37 heavy (non-hydrogen) atoms. The molecule has 1 unspecified atom stereocenters. The number of carbonyl (C=O) groups excluding carboxylic acids is 2. The summed E-state index contributed by atoms with van der Waals surface area (Å²) >= 11 is 2.20. The number of hydrogen-bond acceptors (Lipinski definition) is 4. The summed E-state index contributed by atoms with van der Waals surface area (Å²) in [5.41, 5.74) is 4.02. The van der Waals surface area contributed by atoms with Crippen LogP contribution in [0.25, 0.3) is 0 Å². The topological polar surface area (TPSA) is 113 Å². The van der Waals surface area contributed by atoms with Gasteiger partial charge < -0.3 is 10.6 Å². The molecule has 0 aliphatic heterocycles. The van der Waals surface area contributed by atoms with Crippen molar-refractivity contribution >= 4 is 50.2 Å². The average molecular weight is 635 g/mol. The van der Waals surface area contributed by atoms with Crippen molar-refractivity contribution in [3.63, 3.8) is 0 Å². The summed E-state index contributed by atoms with van der Waals surface area (Å²) in [7, 11) is -4.15. The van der Waals surface area contributed by atoms with Gasteiger partial charge in [0.15, 0.2) is 0 Å². The summed E-state index contributed by atoms with van der Waals surface area (Å²) in [6.45, 7) is 6.24. The van der Waals surface area contributed by atoms with Crippen LogP contribution in [0.2, 0.25) is 0 Å². The van der Waals surface area contributed by atoms with Crippen molar-refractivity contribution in [3.05, 3.63) is 98.6 Å². The van der Waals surface area contributed by atoms with E-state index in [-0.39, 0.29) is 17.9 Å². The Kier molecular flexibility index (Phi) is 9.49. The molecule has 3 aromatic rings. The minimum atomic E-state index is -4.15. The highest BCUT2D eigenvalue weighted by Crippen LogP contribution is 2.28. The van der Waals surface area contributed by atoms with E-state index in [9.17, 15) is 18.0 Å². The second kappa shape index (κ2) is 12.2. The number of benzene rings is 3. The van der Waals surface area contributed by atoms with Gasteiger partial charge in [-0.1, -0.05) is 63.2 Å². The number of rotatable bonds is 9. The molecule has 0 fully saturated rings. The van der Waals surface area contributed by atoms with Crippen LogP contribution in [-0.4, -0.2) is 37.1 Å². The quantitative estimate of drug-likeness (QED) is 0.222. The third kappa shape index (κ3) is 8.94. The first-order chi connectivity index (χ1) is 17.3. The average Bonchev–Trinajstić information content (AvgIpc) is 2.81. The van der Waals surface area contributed by atoms with E-state index in [2.05, 4.69) is 66.1 Å². The van der Waals surface area contributed by atoms with Crippen LogP contribution in [0.15, 0.2) is 72.8 Å². The lowest BCUT2D eigenvalue weighted by atomic mass is 9.84. The number of anilines is 1. The fourth-order valence-corrected chi connectivity index (χ4v) is 4.70. The van der Waals surface area contributed by atoms with Crippen molar-refractivity contribution in [1.82, 2.24) is 5.32 Å². The largest absolute Gasteiger partial charge is 0.351 e. The molecule has 0 saturated carbocycles. The number of nitrogens with one attached hydrogen (secondary N) is 2. The predicted molar refractivity (Wildman–Crippen MR) is 155 cm³/mol. The lowest BCUT2D eigenvalue weighted by Gasteiger charge is -2.22. The van der Waals surface area contributed by atoms with Crippen molar-refractivity contribution in [2.24, 2.45) is 0 Å². The Labute approximate surface area is 232 Å². The molecule has 3 rings (SSSR count). The van der Waals surface area contributed by atoms with Gasteiger partial charge in [-0.3, -0.25) is 14.1 Å². The van der Waals surface area contributed by atoms with Gasteiger partial charge in [0.05, 0.1) is 11.7 Å². The molecule has 2 amide bonds. The molecule has 9 heteroatoms. The van der Waals surface area contributed by atoms with E-state index in [4.69, 9.17) is 4.55 Å². The predicted octanol–water partition coefficient (Wildman–Crippen LogP) is 5.17. The summed E-state index contributed by atoms with van der Waals surface area (Å²) in [5, 5.41) is 5.50. The first-order valence-electron chi connectivity index (χ1n) is 11.8. The van der Waals surface area contributed by atoms with Gasteiger partial charge in [-0.05, 0) is 81.4 Å². The molecule has 0 aliphatic carbocycles. The highest BCUT2D eigenvalue weighted by Gasteiger charge is 2.23. The first kappa shape index (κ1) is 28.8. The van der Waals surface area contributed by atoms with Crippen LogP contribution in [0.5, 0.6) is 0 Å². The maximum Gasteiger partial charge on any atom is 0.266 e. The molecular weight excluding hydrogens is 603 g/mol. The van der Waals surface area contributed by atoms with Crippen LogP contribution in [-0.2, 0) is 26.7 Å². The Hall–Kier alpha value is -2.76. The van der Waals surface area contributed by atoms with Crippen molar-refractivity contribution in [3.8, 4) is 0 Å². The van der Waals surface area contributed by atoms with Gasteiger partial charge in [0.1, 0.15) is 0 Å². The summed E-state index contributed by atoms with van der Waals surface area (Å²) in [6.07, 6.45) is 0.426. The monoisotopic (exact) mass is 634 g/mol. The molecule has 0 aromatic heterocycles. The van der Waals surface area contributed by atoms with Crippen LogP contribution in [0.4, 0.5) is 5.69 Å². The second-order valence-corrected chi connectivity index (χ2v) is 12.7. The second-order valence-electron chi connectivity index (χ2n) is 9.87. The standard InChI is InChI=1S/C28H31IN2O5S/c1-28(2,3)22-13-11-20(12-14-22)25(27(33)31-24-6-4-5-23(29)18-24)17-19-7-9-21(10-8-19)26(32)30-15-16-37(34,35)36/h4-14,18,25H,15-17H2,1-3H3,(H,30,32)(H,31,33)(H,34,35,36). The molecule has 0 saturated heterocycles. The highest BCUT2D eigenvalue weighted by molar-refractivity contribution is 14.1. The molecule has 1 atom stereocenters. The Balaban J connectivity index is 1.80. The third-order valence-electron chi connectivity index (χ3n) is 5.89. The summed E-state index contributed by atoms with van der Waals surface area (Å²) in [5.74, 6) is -1.58. The highest BCUT2D eigenvalue weighted by atomic mass is 127. The van der Waals surface area contributed by atoms with E-state index < -0.39 is 27.7 Å². The normalized spacial score (nSPS) is 12.6. The molecule has 0 bridgehead atoms. The van der Waals surface area contributed by atoms with Crippen LogP contribution >= 0.6 is 22.6 Å². The van der Waals surface area contributed by atoms with Gasteiger partial charge in [0, 0.05) is 21.4 Å². The van der Waals surface area contributed by atoms with E-state index in [1.165, 1.54) is 5.56 Å². The molecule has 3 aromatic carbocycles. The zero-order valence-electron chi connectivity index (χ0n) is 21.0. The van der Waals surface area contributed by atoms with Gasteiger partial charge in [-0.15, -0.1) is 0 Å². The Bertz CT molecular complexity index is 1350. The van der Waals surface area contributed by atoms with E-state index in [0.717, 1.165) is 20.4 Å². The van der Waals surface area contributed by atoms with Gasteiger partial charge >= 0.3 is 0 Å². The van der Waals surface area contributed by atoms with Crippen LogP contribution in [0, 0.1) is 3.57 Å². The van der Waals surface area contributed by atoms with Gasteiger partial charge in [0.25, 0.3) is 16.0 Å².